The molecule has 0 aliphatic carbocycles. The van der Waals surface area contributed by atoms with Gasteiger partial charge in [-0.3, -0.25) is 0 Å². The Kier molecular flexibility index (Phi) is 4.18. The molecule has 0 aromatic heterocycles. The van der Waals surface area contributed by atoms with E-state index in [4.69, 9.17) is 17.3 Å². The molecule has 1 nitrogen and oxygen atoms in total. The molecule has 1 aromatic carbocycles. The maximum absolute atomic E-state index is 5.99. The van der Waals surface area contributed by atoms with Crippen LogP contribution < -0.4 is 5.73 Å². The van der Waals surface area contributed by atoms with Gasteiger partial charge >= 0.3 is 0 Å². The fraction of sp³-hybridized carbons (Fsp3) is 0.538. The molecule has 0 amide bonds. The summed E-state index contributed by atoms with van der Waals surface area (Å²) in [5, 5.41) is 0.843. The minimum atomic E-state index is 0.273. The first-order chi connectivity index (χ1) is 6.94. The van der Waals surface area contributed by atoms with Crippen LogP contribution in [0.1, 0.15) is 31.4 Å². The number of halogens is 1. The summed E-state index contributed by atoms with van der Waals surface area (Å²) in [4.78, 5) is 0. The number of hydrogen-bond acceptors (Lipinski definition) is 1. The van der Waals surface area contributed by atoms with Crippen LogP contribution in [0.5, 0.6) is 0 Å². The fourth-order valence-corrected chi connectivity index (χ4v) is 1.97. The van der Waals surface area contributed by atoms with Crippen molar-refractivity contribution >= 4 is 11.6 Å². The van der Waals surface area contributed by atoms with Gasteiger partial charge in [0, 0.05) is 5.02 Å². The van der Waals surface area contributed by atoms with E-state index in [-0.39, 0.29) is 5.41 Å². The monoisotopic (exact) mass is 225 g/mol. The molecule has 2 N–H and O–H groups in total. The highest BCUT2D eigenvalue weighted by atomic mass is 35.5. The topological polar surface area (TPSA) is 26.0 Å². The summed E-state index contributed by atoms with van der Waals surface area (Å²) in [5.41, 5.74) is 8.37. The zero-order valence-corrected chi connectivity index (χ0v) is 10.6. The molecule has 0 fully saturated rings. The average molecular weight is 226 g/mol. The zero-order valence-electron chi connectivity index (χ0n) is 9.81. The van der Waals surface area contributed by atoms with Crippen LogP contribution in [0, 0.1) is 12.3 Å². The SMILES string of the molecule is Cc1cc(CC(C)(C)CCN)ccc1Cl. The molecular weight excluding hydrogens is 206 g/mol. The molecule has 2 heteroatoms. The van der Waals surface area contributed by atoms with Crippen LogP contribution in [0.4, 0.5) is 0 Å². The summed E-state index contributed by atoms with van der Waals surface area (Å²) in [7, 11) is 0. The number of aryl methyl sites for hydroxylation is 1. The summed E-state index contributed by atoms with van der Waals surface area (Å²) in [6, 6.07) is 6.25. The molecular formula is C13H20ClN. The van der Waals surface area contributed by atoms with Gasteiger partial charge in [-0.1, -0.05) is 37.6 Å². The third-order valence-electron chi connectivity index (χ3n) is 2.73. The average Bonchev–Trinajstić information content (AvgIpc) is 2.10. The van der Waals surface area contributed by atoms with Gasteiger partial charge in [-0.05, 0) is 48.9 Å². The van der Waals surface area contributed by atoms with Crippen molar-refractivity contribution < 1.29 is 0 Å². The van der Waals surface area contributed by atoms with Gasteiger partial charge in [-0.2, -0.15) is 0 Å². The highest BCUT2D eigenvalue weighted by molar-refractivity contribution is 6.31. The standard InChI is InChI=1S/C13H20ClN/c1-10-8-11(4-5-12(10)14)9-13(2,3)6-7-15/h4-5,8H,6-7,9,15H2,1-3H3. The third-order valence-corrected chi connectivity index (χ3v) is 3.15. The smallest absolute Gasteiger partial charge is 0.0435 e. The van der Waals surface area contributed by atoms with Crippen molar-refractivity contribution in [3.05, 3.63) is 34.3 Å². The van der Waals surface area contributed by atoms with E-state index in [0.717, 1.165) is 30.0 Å². The Morgan fingerprint density at radius 1 is 1.33 bits per heavy atom. The van der Waals surface area contributed by atoms with E-state index < -0.39 is 0 Å². The predicted octanol–water partition coefficient (Wildman–Crippen LogP) is 3.57. The second-order valence-electron chi connectivity index (χ2n) is 4.96. The van der Waals surface area contributed by atoms with Gasteiger partial charge in [0.05, 0.1) is 0 Å². The molecule has 1 aromatic rings. The van der Waals surface area contributed by atoms with E-state index >= 15 is 0 Å². The van der Waals surface area contributed by atoms with Gasteiger partial charge in [-0.25, -0.2) is 0 Å². The highest BCUT2D eigenvalue weighted by Crippen LogP contribution is 2.27. The molecule has 0 saturated carbocycles. The quantitative estimate of drug-likeness (QED) is 0.833. The molecule has 1 rings (SSSR count). The van der Waals surface area contributed by atoms with Crippen molar-refractivity contribution in [1.82, 2.24) is 0 Å². The minimum absolute atomic E-state index is 0.273. The highest BCUT2D eigenvalue weighted by Gasteiger charge is 2.17. The lowest BCUT2D eigenvalue weighted by Gasteiger charge is -2.24. The van der Waals surface area contributed by atoms with Crippen LogP contribution in [0.25, 0.3) is 0 Å². The van der Waals surface area contributed by atoms with Gasteiger partial charge in [-0.15, -0.1) is 0 Å². The lowest BCUT2D eigenvalue weighted by Crippen LogP contribution is -2.19. The molecule has 0 heterocycles. The fourth-order valence-electron chi connectivity index (χ4n) is 1.85. The van der Waals surface area contributed by atoms with Crippen LogP contribution in [0.15, 0.2) is 18.2 Å². The van der Waals surface area contributed by atoms with Gasteiger partial charge in [0.25, 0.3) is 0 Å². The molecule has 0 bridgehead atoms. The Balaban J connectivity index is 2.76. The van der Waals surface area contributed by atoms with Gasteiger partial charge in [0.1, 0.15) is 0 Å². The Labute approximate surface area is 97.6 Å². The molecule has 0 saturated heterocycles. The summed E-state index contributed by atoms with van der Waals surface area (Å²) < 4.78 is 0. The second-order valence-corrected chi connectivity index (χ2v) is 5.37. The lowest BCUT2D eigenvalue weighted by atomic mass is 9.82. The molecule has 0 aliphatic heterocycles. The lowest BCUT2D eigenvalue weighted by molar-refractivity contribution is 0.339. The maximum Gasteiger partial charge on any atom is 0.0435 e. The Hall–Kier alpha value is -0.530. The van der Waals surface area contributed by atoms with E-state index in [1.807, 2.05) is 13.0 Å². The van der Waals surface area contributed by atoms with Crippen molar-refractivity contribution in [2.45, 2.75) is 33.6 Å². The third kappa shape index (κ3) is 3.84. The second kappa shape index (κ2) is 5.00. The summed E-state index contributed by atoms with van der Waals surface area (Å²) >= 11 is 5.99. The van der Waals surface area contributed by atoms with Crippen molar-refractivity contribution in [2.75, 3.05) is 6.54 Å². The molecule has 0 unspecified atom stereocenters. The molecule has 0 aliphatic rings. The molecule has 84 valence electrons. The molecule has 15 heavy (non-hydrogen) atoms. The number of nitrogens with two attached hydrogens (primary N) is 1. The first-order valence-corrected chi connectivity index (χ1v) is 5.77. The van der Waals surface area contributed by atoms with E-state index in [0.29, 0.717) is 0 Å². The first-order valence-electron chi connectivity index (χ1n) is 5.40. The predicted molar refractivity (Wildman–Crippen MR) is 67.3 cm³/mol. The number of hydrogen-bond donors (Lipinski definition) is 1. The largest absolute Gasteiger partial charge is 0.330 e. The zero-order chi connectivity index (χ0) is 11.5. The van der Waals surface area contributed by atoms with E-state index in [9.17, 15) is 0 Å². The minimum Gasteiger partial charge on any atom is -0.330 e. The normalized spacial score (nSPS) is 11.8. The van der Waals surface area contributed by atoms with Crippen molar-refractivity contribution in [3.63, 3.8) is 0 Å². The maximum atomic E-state index is 5.99. The number of rotatable bonds is 4. The molecule has 0 radical (unpaired) electrons. The van der Waals surface area contributed by atoms with Crippen molar-refractivity contribution in [2.24, 2.45) is 11.1 Å². The van der Waals surface area contributed by atoms with Gasteiger partial charge < -0.3 is 5.73 Å². The van der Waals surface area contributed by atoms with Crippen LogP contribution >= 0.6 is 11.6 Å². The van der Waals surface area contributed by atoms with Gasteiger partial charge in [0.2, 0.25) is 0 Å². The van der Waals surface area contributed by atoms with Crippen molar-refractivity contribution in [3.8, 4) is 0 Å². The van der Waals surface area contributed by atoms with Crippen LogP contribution in [-0.4, -0.2) is 6.54 Å². The van der Waals surface area contributed by atoms with E-state index in [1.165, 1.54) is 5.56 Å². The Morgan fingerprint density at radius 2 is 2.00 bits per heavy atom. The van der Waals surface area contributed by atoms with Crippen LogP contribution in [-0.2, 0) is 6.42 Å². The Morgan fingerprint density at radius 3 is 2.53 bits per heavy atom. The van der Waals surface area contributed by atoms with Crippen LogP contribution in [0.2, 0.25) is 5.02 Å². The Bertz CT molecular complexity index is 331. The van der Waals surface area contributed by atoms with Crippen LogP contribution in [0.3, 0.4) is 0 Å². The van der Waals surface area contributed by atoms with Gasteiger partial charge in [0.15, 0.2) is 0 Å². The van der Waals surface area contributed by atoms with Crippen molar-refractivity contribution in [1.29, 1.82) is 0 Å². The molecule has 0 spiro atoms. The summed E-state index contributed by atoms with van der Waals surface area (Å²) in [5.74, 6) is 0. The molecule has 0 atom stereocenters. The summed E-state index contributed by atoms with van der Waals surface area (Å²) in [6.45, 7) is 7.30. The van der Waals surface area contributed by atoms with E-state index in [1.54, 1.807) is 0 Å². The summed E-state index contributed by atoms with van der Waals surface area (Å²) in [6.07, 6.45) is 2.11. The first kappa shape index (κ1) is 12.5. The number of benzene rings is 1. The van der Waals surface area contributed by atoms with E-state index in [2.05, 4.69) is 26.0 Å².